The highest BCUT2D eigenvalue weighted by atomic mass is 79.9. The van der Waals surface area contributed by atoms with Gasteiger partial charge in [-0.15, -0.1) is 0 Å². The van der Waals surface area contributed by atoms with Crippen LogP contribution in [0.25, 0.3) is 0 Å². The summed E-state index contributed by atoms with van der Waals surface area (Å²) < 4.78 is 7.57. The zero-order valence-electron chi connectivity index (χ0n) is 10.6. The van der Waals surface area contributed by atoms with Crippen molar-refractivity contribution in [2.24, 2.45) is 0 Å². The van der Waals surface area contributed by atoms with Crippen molar-refractivity contribution in [3.8, 4) is 11.6 Å². The molecule has 0 spiro atoms. The monoisotopic (exact) mass is 385 g/mol. The van der Waals surface area contributed by atoms with Crippen LogP contribution >= 0.6 is 31.9 Å². The van der Waals surface area contributed by atoms with E-state index in [2.05, 4.69) is 47.1 Å². The van der Waals surface area contributed by atoms with Crippen molar-refractivity contribution in [2.75, 3.05) is 11.9 Å². The lowest BCUT2D eigenvalue weighted by Crippen LogP contribution is -2.02. The first-order valence-corrected chi connectivity index (χ1v) is 7.38. The second kappa shape index (κ2) is 6.34. The molecule has 0 aliphatic rings. The zero-order valence-corrected chi connectivity index (χ0v) is 13.7. The van der Waals surface area contributed by atoms with Crippen molar-refractivity contribution in [1.82, 2.24) is 9.97 Å². The summed E-state index contributed by atoms with van der Waals surface area (Å²) in [5.74, 6) is 1.99. The minimum absolute atomic E-state index is 0.497. The predicted octanol–water partition coefficient (Wildman–Crippen LogP) is 4.53. The summed E-state index contributed by atoms with van der Waals surface area (Å²) in [4.78, 5) is 8.30. The molecule has 0 amide bonds. The molecule has 100 valence electrons. The van der Waals surface area contributed by atoms with Crippen molar-refractivity contribution in [3.05, 3.63) is 39.0 Å². The lowest BCUT2D eigenvalue weighted by Gasteiger charge is -2.11. The topological polar surface area (TPSA) is 47.0 Å². The maximum absolute atomic E-state index is 5.82. The fourth-order valence-corrected chi connectivity index (χ4v) is 2.45. The van der Waals surface area contributed by atoms with Crippen molar-refractivity contribution in [1.29, 1.82) is 0 Å². The Labute approximate surface area is 128 Å². The normalized spacial score (nSPS) is 10.3. The lowest BCUT2D eigenvalue weighted by molar-refractivity contribution is 0.455. The molecule has 0 radical (unpaired) electrons. The predicted molar refractivity (Wildman–Crippen MR) is 82.8 cm³/mol. The Morgan fingerprint density at radius 2 is 2.05 bits per heavy atom. The molecule has 1 N–H and O–H groups in total. The third-order valence-electron chi connectivity index (χ3n) is 2.45. The van der Waals surface area contributed by atoms with E-state index in [-0.39, 0.29) is 0 Å². The number of ether oxygens (including phenoxy) is 1. The van der Waals surface area contributed by atoms with Crippen molar-refractivity contribution >= 4 is 37.7 Å². The van der Waals surface area contributed by atoms with E-state index >= 15 is 0 Å². The van der Waals surface area contributed by atoms with Gasteiger partial charge in [0, 0.05) is 11.0 Å². The first kappa shape index (κ1) is 14.3. The first-order chi connectivity index (χ1) is 9.11. The molecule has 1 aromatic carbocycles. The van der Waals surface area contributed by atoms with Gasteiger partial charge in [-0.3, -0.25) is 0 Å². The Morgan fingerprint density at radius 3 is 2.74 bits per heavy atom. The lowest BCUT2D eigenvalue weighted by atomic mass is 10.2. The van der Waals surface area contributed by atoms with Gasteiger partial charge in [-0.25, -0.2) is 9.97 Å². The van der Waals surface area contributed by atoms with E-state index in [0.717, 1.165) is 32.6 Å². The van der Waals surface area contributed by atoms with Gasteiger partial charge < -0.3 is 10.1 Å². The summed E-state index contributed by atoms with van der Waals surface area (Å²) in [6, 6.07) is 5.83. The number of nitrogens with one attached hydrogen (secondary N) is 1. The number of nitrogens with zero attached hydrogens (tertiary/aromatic N) is 2. The van der Waals surface area contributed by atoms with E-state index in [1.807, 2.05) is 32.0 Å². The highest BCUT2D eigenvalue weighted by Crippen LogP contribution is 2.33. The highest BCUT2D eigenvalue weighted by Gasteiger charge is 2.11. The van der Waals surface area contributed by atoms with Crippen LogP contribution in [0.2, 0.25) is 0 Å². The van der Waals surface area contributed by atoms with E-state index in [1.165, 1.54) is 6.33 Å². The van der Waals surface area contributed by atoms with Gasteiger partial charge in [0.25, 0.3) is 0 Å². The summed E-state index contributed by atoms with van der Waals surface area (Å²) >= 11 is 6.88. The van der Waals surface area contributed by atoms with E-state index in [9.17, 15) is 0 Å². The highest BCUT2D eigenvalue weighted by molar-refractivity contribution is 9.11. The summed E-state index contributed by atoms with van der Waals surface area (Å²) in [6.45, 7) is 4.78. The molecule has 0 saturated heterocycles. The maximum atomic E-state index is 5.82. The molecule has 0 unspecified atom stereocenters. The summed E-state index contributed by atoms with van der Waals surface area (Å²) in [5.41, 5.74) is 1.03. The zero-order chi connectivity index (χ0) is 13.8. The van der Waals surface area contributed by atoms with E-state index in [1.54, 1.807) is 0 Å². The molecule has 0 saturated carbocycles. The van der Waals surface area contributed by atoms with Gasteiger partial charge in [0.15, 0.2) is 0 Å². The van der Waals surface area contributed by atoms with Crippen LogP contribution in [0.3, 0.4) is 0 Å². The minimum atomic E-state index is 0.497. The minimum Gasteiger partial charge on any atom is -0.437 e. The number of aromatic nitrogens is 2. The summed E-state index contributed by atoms with van der Waals surface area (Å²) in [6.07, 6.45) is 1.48. The van der Waals surface area contributed by atoms with Gasteiger partial charge in [0.05, 0.1) is 0 Å². The number of benzene rings is 1. The fourth-order valence-electron chi connectivity index (χ4n) is 1.55. The Kier molecular flexibility index (Phi) is 4.76. The molecule has 6 heteroatoms. The van der Waals surface area contributed by atoms with Crippen molar-refractivity contribution in [3.63, 3.8) is 0 Å². The van der Waals surface area contributed by atoms with Crippen LogP contribution in [0.4, 0.5) is 5.82 Å². The maximum Gasteiger partial charge on any atom is 0.238 e. The van der Waals surface area contributed by atoms with Gasteiger partial charge in [-0.1, -0.05) is 15.9 Å². The molecule has 4 nitrogen and oxygen atoms in total. The van der Waals surface area contributed by atoms with Crippen LogP contribution in [-0.2, 0) is 0 Å². The second-order valence-electron chi connectivity index (χ2n) is 3.88. The fraction of sp³-hybridized carbons (Fsp3) is 0.231. The SMILES string of the molecule is CCNc1ncnc(Oc2ccc(Br)cc2C)c1Br. The number of anilines is 1. The summed E-state index contributed by atoms with van der Waals surface area (Å²) in [5, 5.41) is 3.14. The van der Waals surface area contributed by atoms with E-state index in [0.29, 0.717) is 5.88 Å². The van der Waals surface area contributed by atoms with E-state index < -0.39 is 0 Å². The average Bonchev–Trinajstić information content (AvgIpc) is 2.37. The number of rotatable bonds is 4. The molecule has 2 aromatic rings. The van der Waals surface area contributed by atoms with Gasteiger partial charge in [0.2, 0.25) is 5.88 Å². The van der Waals surface area contributed by atoms with Gasteiger partial charge in [-0.05, 0) is 53.5 Å². The third kappa shape index (κ3) is 3.45. The van der Waals surface area contributed by atoms with Crippen LogP contribution in [0.1, 0.15) is 12.5 Å². The van der Waals surface area contributed by atoms with Crippen LogP contribution in [0.15, 0.2) is 33.5 Å². The largest absolute Gasteiger partial charge is 0.437 e. The van der Waals surface area contributed by atoms with Crippen LogP contribution in [-0.4, -0.2) is 16.5 Å². The molecule has 0 bridgehead atoms. The number of hydrogen-bond acceptors (Lipinski definition) is 4. The molecule has 0 atom stereocenters. The van der Waals surface area contributed by atoms with Crippen molar-refractivity contribution in [2.45, 2.75) is 13.8 Å². The van der Waals surface area contributed by atoms with Gasteiger partial charge in [-0.2, -0.15) is 0 Å². The van der Waals surface area contributed by atoms with Gasteiger partial charge >= 0.3 is 0 Å². The van der Waals surface area contributed by atoms with Gasteiger partial charge in [0.1, 0.15) is 22.4 Å². The Balaban J connectivity index is 2.30. The smallest absolute Gasteiger partial charge is 0.238 e. The molecule has 0 aliphatic carbocycles. The van der Waals surface area contributed by atoms with E-state index in [4.69, 9.17) is 4.74 Å². The number of hydrogen-bond donors (Lipinski definition) is 1. The molecule has 0 fully saturated rings. The summed E-state index contributed by atoms with van der Waals surface area (Å²) in [7, 11) is 0. The molecule has 19 heavy (non-hydrogen) atoms. The Hall–Kier alpha value is -1.14. The molecular formula is C13H13Br2N3O. The van der Waals surface area contributed by atoms with Crippen LogP contribution < -0.4 is 10.1 Å². The quantitative estimate of drug-likeness (QED) is 0.838. The van der Waals surface area contributed by atoms with Crippen LogP contribution in [0, 0.1) is 6.92 Å². The molecule has 0 aliphatic heterocycles. The first-order valence-electron chi connectivity index (χ1n) is 5.80. The molecular weight excluding hydrogens is 374 g/mol. The van der Waals surface area contributed by atoms with Crippen LogP contribution in [0.5, 0.6) is 11.6 Å². The Bertz CT molecular complexity index is 590. The van der Waals surface area contributed by atoms with Crippen molar-refractivity contribution < 1.29 is 4.74 Å². The second-order valence-corrected chi connectivity index (χ2v) is 5.59. The third-order valence-corrected chi connectivity index (χ3v) is 3.65. The number of halogens is 2. The molecule has 1 aromatic heterocycles. The standard InChI is InChI=1S/C13H13Br2N3O/c1-3-16-12-11(15)13(18-7-17-12)19-10-5-4-9(14)6-8(10)2/h4-7H,3H2,1-2H3,(H,16,17,18). The number of aryl methyl sites for hydroxylation is 1. The average molecular weight is 387 g/mol. The molecule has 2 rings (SSSR count). The Morgan fingerprint density at radius 1 is 1.26 bits per heavy atom. The molecule has 1 heterocycles.